The summed E-state index contributed by atoms with van der Waals surface area (Å²) in [6, 6.07) is 1.89. The average molecular weight is 410 g/mol. The zero-order valence-electron chi connectivity index (χ0n) is 15.3. The SMILES string of the molecule is CCc1nc(-c2ncccn2)sc1C(=O)N1CCC2(CC1)CC(N)CO2.Cl. The maximum absolute atomic E-state index is 13.1. The molecule has 2 fully saturated rings. The molecular formula is C18H24ClN5O2S. The molecule has 2 aliphatic heterocycles. The van der Waals surface area contributed by atoms with Gasteiger partial charge in [0.15, 0.2) is 10.8 Å². The van der Waals surface area contributed by atoms with E-state index in [-0.39, 0.29) is 30.0 Å². The Morgan fingerprint density at radius 1 is 1.37 bits per heavy atom. The smallest absolute Gasteiger partial charge is 0.265 e. The Balaban J connectivity index is 0.00000210. The predicted molar refractivity (Wildman–Crippen MR) is 106 cm³/mol. The molecule has 0 radical (unpaired) electrons. The number of nitrogens with two attached hydrogens (primary N) is 1. The van der Waals surface area contributed by atoms with Gasteiger partial charge in [0.2, 0.25) is 0 Å². The van der Waals surface area contributed by atoms with Crippen LogP contribution in [-0.2, 0) is 11.2 Å². The van der Waals surface area contributed by atoms with Gasteiger partial charge in [-0.25, -0.2) is 15.0 Å². The second-order valence-electron chi connectivity index (χ2n) is 6.97. The normalized spacial score (nSPS) is 21.3. The summed E-state index contributed by atoms with van der Waals surface area (Å²) in [7, 11) is 0. The highest BCUT2D eigenvalue weighted by Gasteiger charge is 2.42. The van der Waals surface area contributed by atoms with Crippen LogP contribution < -0.4 is 5.73 Å². The number of thiazole rings is 1. The van der Waals surface area contributed by atoms with Crippen molar-refractivity contribution in [1.82, 2.24) is 19.9 Å². The van der Waals surface area contributed by atoms with E-state index in [4.69, 9.17) is 10.5 Å². The van der Waals surface area contributed by atoms with Crippen molar-refractivity contribution in [3.05, 3.63) is 29.0 Å². The van der Waals surface area contributed by atoms with Gasteiger partial charge in [-0.3, -0.25) is 4.79 Å². The van der Waals surface area contributed by atoms with Crippen LogP contribution in [-0.4, -0.2) is 57.1 Å². The van der Waals surface area contributed by atoms with Crippen LogP contribution in [0.4, 0.5) is 0 Å². The molecule has 27 heavy (non-hydrogen) atoms. The molecule has 9 heteroatoms. The highest BCUT2D eigenvalue weighted by molar-refractivity contribution is 7.17. The zero-order chi connectivity index (χ0) is 18.1. The van der Waals surface area contributed by atoms with Gasteiger partial charge in [0.1, 0.15) is 4.88 Å². The minimum absolute atomic E-state index is 0. The third kappa shape index (κ3) is 3.99. The number of hydrogen-bond acceptors (Lipinski definition) is 7. The highest BCUT2D eigenvalue weighted by atomic mass is 35.5. The lowest BCUT2D eigenvalue weighted by atomic mass is 9.87. The van der Waals surface area contributed by atoms with Gasteiger partial charge in [0, 0.05) is 31.5 Å². The summed E-state index contributed by atoms with van der Waals surface area (Å²) in [5.41, 5.74) is 6.69. The fraction of sp³-hybridized carbons (Fsp3) is 0.556. The molecule has 0 bridgehead atoms. The fourth-order valence-corrected chi connectivity index (χ4v) is 4.82. The van der Waals surface area contributed by atoms with Crippen LogP contribution in [0.25, 0.3) is 10.8 Å². The number of piperidine rings is 1. The molecular weight excluding hydrogens is 386 g/mol. The third-order valence-corrected chi connectivity index (χ3v) is 6.26. The van der Waals surface area contributed by atoms with E-state index in [1.165, 1.54) is 11.3 Å². The lowest BCUT2D eigenvalue weighted by Gasteiger charge is -2.38. The van der Waals surface area contributed by atoms with Crippen molar-refractivity contribution in [2.45, 2.75) is 44.2 Å². The standard InChI is InChI=1S/C18H23N5O2S.ClH/c1-2-13-14(26-16(22-13)15-20-6-3-7-21-15)17(24)23-8-4-18(5-9-23)10-12(19)11-25-18;/h3,6-7,12H,2,4-5,8-11,19H2,1H3;1H. The highest BCUT2D eigenvalue weighted by Crippen LogP contribution is 2.36. The molecule has 1 unspecified atom stereocenters. The number of hydrogen-bond donors (Lipinski definition) is 1. The second kappa shape index (κ2) is 8.18. The van der Waals surface area contributed by atoms with E-state index in [0.29, 0.717) is 41.8 Å². The van der Waals surface area contributed by atoms with Gasteiger partial charge in [-0.1, -0.05) is 6.92 Å². The van der Waals surface area contributed by atoms with Crippen molar-refractivity contribution in [1.29, 1.82) is 0 Å². The molecule has 1 amide bonds. The molecule has 0 saturated carbocycles. The van der Waals surface area contributed by atoms with Crippen molar-refractivity contribution >= 4 is 29.7 Å². The first kappa shape index (κ1) is 20.1. The summed E-state index contributed by atoms with van der Waals surface area (Å²) in [6.45, 7) is 4.04. The Morgan fingerprint density at radius 3 is 2.67 bits per heavy atom. The molecule has 2 aromatic heterocycles. The van der Waals surface area contributed by atoms with E-state index in [1.807, 2.05) is 11.8 Å². The molecule has 1 atom stereocenters. The van der Waals surface area contributed by atoms with Crippen molar-refractivity contribution < 1.29 is 9.53 Å². The number of carbonyl (C=O) groups is 1. The first-order valence-electron chi connectivity index (χ1n) is 9.06. The number of amides is 1. The van der Waals surface area contributed by atoms with Crippen molar-refractivity contribution in [3.8, 4) is 10.8 Å². The number of nitrogens with zero attached hydrogens (tertiary/aromatic N) is 4. The Morgan fingerprint density at radius 2 is 2.07 bits per heavy atom. The Hall–Kier alpha value is -1.61. The lowest BCUT2D eigenvalue weighted by molar-refractivity contribution is -0.0388. The lowest BCUT2D eigenvalue weighted by Crippen LogP contribution is -2.46. The Bertz CT molecular complexity index is 792. The molecule has 7 nitrogen and oxygen atoms in total. The summed E-state index contributed by atoms with van der Waals surface area (Å²) in [5, 5.41) is 0.698. The Labute approximate surface area is 168 Å². The first-order valence-corrected chi connectivity index (χ1v) is 9.88. The maximum atomic E-state index is 13.1. The van der Waals surface area contributed by atoms with E-state index in [0.717, 1.165) is 25.0 Å². The summed E-state index contributed by atoms with van der Waals surface area (Å²) in [5.74, 6) is 0.621. The van der Waals surface area contributed by atoms with E-state index >= 15 is 0 Å². The predicted octanol–water partition coefficient (Wildman–Crippen LogP) is 2.31. The summed E-state index contributed by atoms with van der Waals surface area (Å²) in [6.07, 6.45) is 6.68. The molecule has 0 aliphatic carbocycles. The first-order chi connectivity index (χ1) is 12.6. The molecule has 2 aromatic rings. The van der Waals surface area contributed by atoms with E-state index in [2.05, 4.69) is 15.0 Å². The van der Waals surface area contributed by atoms with E-state index < -0.39 is 0 Å². The average Bonchev–Trinajstić information content (AvgIpc) is 3.26. The molecule has 2 aliphatic rings. The van der Waals surface area contributed by atoms with Gasteiger partial charge in [-0.05, 0) is 31.7 Å². The van der Waals surface area contributed by atoms with Crippen LogP contribution >= 0.6 is 23.7 Å². The quantitative estimate of drug-likeness (QED) is 0.835. The van der Waals surface area contributed by atoms with Crippen molar-refractivity contribution in [2.24, 2.45) is 5.73 Å². The van der Waals surface area contributed by atoms with Gasteiger partial charge >= 0.3 is 0 Å². The van der Waals surface area contributed by atoms with Gasteiger partial charge in [0.25, 0.3) is 5.91 Å². The molecule has 4 heterocycles. The Kier molecular flexibility index (Phi) is 6.10. The zero-order valence-corrected chi connectivity index (χ0v) is 16.9. The maximum Gasteiger partial charge on any atom is 0.265 e. The number of aryl methyl sites for hydroxylation is 1. The minimum Gasteiger partial charge on any atom is -0.373 e. The van der Waals surface area contributed by atoms with Crippen LogP contribution in [0, 0.1) is 0 Å². The number of aromatic nitrogens is 3. The number of carbonyl (C=O) groups excluding carboxylic acids is 1. The van der Waals surface area contributed by atoms with Crippen molar-refractivity contribution in [2.75, 3.05) is 19.7 Å². The largest absolute Gasteiger partial charge is 0.373 e. The number of rotatable bonds is 3. The molecule has 4 rings (SSSR count). The number of likely N-dealkylation sites (tertiary alicyclic amines) is 1. The summed E-state index contributed by atoms with van der Waals surface area (Å²) >= 11 is 1.38. The van der Waals surface area contributed by atoms with Crippen LogP contribution in [0.5, 0.6) is 0 Å². The molecule has 1 spiro atoms. The van der Waals surface area contributed by atoms with Gasteiger partial charge in [0.05, 0.1) is 17.9 Å². The minimum atomic E-state index is -0.124. The summed E-state index contributed by atoms with van der Waals surface area (Å²) < 4.78 is 5.95. The molecule has 2 saturated heterocycles. The van der Waals surface area contributed by atoms with Gasteiger partial charge < -0.3 is 15.4 Å². The monoisotopic (exact) mass is 409 g/mol. The van der Waals surface area contributed by atoms with Crippen LogP contribution in [0.1, 0.15) is 41.6 Å². The fourth-order valence-electron chi connectivity index (χ4n) is 3.75. The topological polar surface area (TPSA) is 94.2 Å². The molecule has 0 aromatic carbocycles. The van der Waals surface area contributed by atoms with Crippen LogP contribution in [0.2, 0.25) is 0 Å². The van der Waals surface area contributed by atoms with Gasteiger partial charge in [-0.15, -0.1) is 23.7 Å². The van der Waals surface area contributed by atoms with Crippen LogP contribution in [0.3, 0.4) is 0 Å². The number of ether oxygens (including phenoxy) is 1. The van der Waals surface area contributed by atoms with E-state index in [1.54, 1.807) is 18.5 Å². The summed E-state index contributed by atoms with van der Waals surface area (Å²) in [4.78, 5) is 28.8. The number of halogens is 1. The third-order valence-electron chi connectivity index (χ3n) is 5.18. The van der Waals surface area contributed by atoms with E-state index in [9.17, 15) is 4.79 Å². The van der Waals surface area contributed by atoms with Gasteiger partial charge in [-0.2, -0.15) is 0 Å². The van der Waals surface area contributed by atoms with Crippen molar-refractivity contribution in [3.63, 3.8) is 0 Å². The molecule has 146 valence electrons. The molecule has 2 N–H and O–H groups in total. The van der Waals surface area contributed by atoms with Crippen LogP contribution in [0.15, 0.2) is 18.5 Å². The second-order valence-corrected chi connectivity index (χ2v) is 7.97.